The first-order chi connectivity index (χ1) is 8.57. The summed E-state index contributed by atoms with van der Waals surface area (Å²) in [7, 11) is 0. The SMILES string of the molecule is CCCCCCCC(C)C.Cc1ccccc1C. The molecule has 18 heavy (non-hydrogen) atoms. The highest BCUT2D eigenvalue weighted by Crippen LogP contribution is 2.09. The van der Waals surface area contributed by atoms with Gasteiger partial charge < -0.3 is 0 Å². The zero-order chi connectivity index (χ0) is 13.8. The van der Waals surface area contributed by atoms with Crippen LogP contribution >= 0.6 is 0 Å². The molecule has 0 aliphatic rings. The minimum atomic E-state index is 0.904. The van der Waals surface area contributed by atoms with Crippen LogP contribution in [0.25, 0.3) is 0 Å². The van der Waals surface area contributed by atoms with Gasteiger partial charge in [0.15, 0.2) is 0 Å². The Labute approximate surface area is 115 Å². The Morgan fingerprint density at radius 1 is 0.833 bits per heavy atom. The monoisotopic (exact) mass is 248 g/mol. The average molecular weight is 248 g/mol. The Balaban J connectivity index is 0.000000327. The zero-order valence-corrected chi connectivity index (χ0v) is 13.1. The van der Waals surface area contributed by atoms with E-state index in [4.69, 9.17) is 0 Å². The van der Waals surface area contributed by atoms with E-state index in [-0.39, 0.29) is 0 Å². The minimum absolute atomic E-state index is 0.904. The van der Waals surface area contributed by atoms with Crippen LogP contribution in [0.15, 0.2) is 24.3 Å². The number of hydrogen-bond donors (Lipinski definition) is 0. The van der Waals surface area contributed by atoms with Gasteiger partial charge in [0.25, 0.3) is 0 Å². The van der Waals surface area contributed by atoms with Crippen LogP contribution in [0.5, 0.6) is 0 Å². The molecule has 0 heteroatoms. The van der Waals surface area contributed by atoms with Crippen LogP contribution in [0.1, 0.15) is 70.4 Å². The lowest BCUT2D eigenvalue weighted by atomic mass is 10.0. The molecule has 0 spiro atoms. The number of rotatable bonds is 6. The third-order valence-corrected chi connectivity index (χ3v) is 3.31. The van der Waals surface area contributed by atoms with E-state index < -0.39 is 0 Å². The van der Waals surface area contributed by atoms with Crippen molar-refractivity contribution in [1.82, 2.24) is 0 Å². The van der Waals surface area contributed by atoms with E-state index in [0.29, 0.717) is 0 Å². The van der Waals surface area contributed by atoms with Crippen molar-refractivity contribution in [1.29, 1.82) is 0 Å². The van der Waals surface area contributed by atoms with Crippen molar-refractivity contribution in [3.63, 3.8) is 0 Å². The second-order valence-electron chi connectivity index (χ2n) is 5.68. The van der Waals surface area contributed by atoms with Gasteiger partial charge in [0.2, 0.25) is 0 Å². The molecule has 0 heterocycles. The maximum atomic E-state index is 2.31. The molecule has 0 fully saturated rings. The third kappa shape index (κ3) is 10.4. The summed E-state index contributed by atoms with van der Waals surface area (Å²) in [6.45, 7) is 11.1. The highest BCUT2D eigenvalue weighted by molar-refractivity contribution is 5.23. The third-order valence-electron chi connectivity index (χ3n) is 3.31. The molecule has 1 aromatic carbocycles. The minimum Gasteiger partial charge on any atom is -0.0654 e. The number of hydrogen-bond acceptors (Lipinski definition) is 0. The summed E-state index contributed by atoms with van der Waals surface area (Å²) in [5.74, 6) is 0.904. The predicted molar refractivity (Wildman–Crippen MR) is 84.1 cm³/mol. The van der Waals surface area contributed by atoms with Crippen molar-refractivity contribution in [3.8, 4) is 0 Å². The van der Waals surface area contributed by atoms with Crippen LogP contribution in [0, 0.1) is 19.8 Å². The van der Waals surface area contributed by atoms with Gasteiger partial charge in [-0.25, -0.2) is 0 Å². The van der Waals surface area contributed by atoms with Crippen LogP contribution < -0.4 is 0 Å². The highest BCUT2D eigenvalue weighted by Gasteiger charge is 1.92. The predicted octanol–water partition coefficient (Wildman–Crippen LogP) is 6.31. The second-order valence-corrected chi connectivity index (χ2v) is 5.68. The summed E-state index contributed by atoms with van der Waals surface area (Å²) in [4.78, 5) is 0. The van der Waals surface area contributed by atoms with Gasteiger partial charge in [-0.2, -0.15) is 0 Å². The lowest BCUT2D eigenvalue weighted by molar-refractivity contribution is 0.518. The van der Waals surface area contributed by atoms with E-state index in [0.717, 1.165) is 5.92 Å². The van der Waals surface area contributed by atoms with E-state index in [1.807, 2.05) is 0 Å². The summed E-state index contributed by atoms with van der Waals surface area (Å²) in [5, 5.41) is 0. The lowest BCUT2D eigenvalue weighted by Crippen LogP contribution is -1.86. The Morgan fingerprint density at radius 2 is 1.33 bits per heavy atom. The lowest BCUT2D eigenvalue weighted by Gasteiger charge is -2.02. The van der Waals surface area contributed by atoms with Crippen LogP contribution in [-0.4, -0.2) is 0 Å². The van der Waals surface area contributed by atoms with Crippen LogP contribution in [-0.2, 0) is 0 Å². The summed E-state index contributed by atoms with van der Waals surface area (Å²) in [6, 6.07) is 8.36. The van der Waals surface area contributed by atoms with Crippen molar-refractivity contribution in [2.45, 2.75) is 73.1 Å². The fourth-order valence-corrected chi connectivity index (χ4v) is 1.82. The normalized spacial score (nSPS) is 10.1. The van der Waals surface area contributed by atoms with Crippen molar-refractivity contribution in [3.05, 3.63) is 35.4 Å². The first kappa shape index (κ1) is 17.2. The number of benzene rings is 1. The highest BCUT2D eigenvalue weighted by atomic mass is 14.0. The molecule has 104 valence electrons. The quantitative estimate of drug-likeness (QED) is 0.518. The van der Waals surface area contributed by atoms with Crippen LogP contribution in [0.2, 0.25) is 0 Å². The molecule has 0 aromatic heterocycles. The van der Waals surface area contributed by atoms with Crippen molar-refractivity contribution in [2.24, 2.45) is 5.92 Å². The number of unbranched alkanes of at least 4 members (excludes halogenated alkanes) is 4. The van der Waals surface area contributed by atoms with E-state index in [1.165, 1.54) is 49.7 Å². The summed E-state index contributed by atoms with van der Waals surface area (Å²) >= 11 is 0. The summed E-state index contributed by atoms with van der Waals surface area (Å²) < 4.78 is 0. The number of aryl methyl sites for hydroxylation is 2. The molecule has 0 atom stereocenters. The maximum absolute atomic E-state index is 2.31. The first-order valence-corrected chi connectivity index (χ1v) is 7.60. The fourth-order valence-electron chi connectivity index (χ4n) is 1.82. The van der Waals surface area contributed by atoms with Crippen LogP contribution in [0.3, 0.4) is 0 Å². The molecule has 0 N–H and O–H groups in total. The second kappa shape index (κ2) is 11.3. The molecule has 0 unspecified atom stereocenters. The molecule has 1 rings (SSSR count). The molecule has 0 aliphatic heterocycles. The molecule has 0 saturated carbocycles. The smallest absolute Gasteiger partial charge is 0.0395 e. The molecular formula is C18H32. The molecule has 0 saturated heterocycles. The largest absolute Gasteiger partial charge is 0.0654 e. The molecule has 0 bridgehead atoms. The molecule has 0 radical (unpaired) electrons. The molecular weight excluding hydrogens is 216 g/mol. The van der Waals surface area contributed by atoms with Gasteiger partial charge in [-0.05, 0) is 30.9 Å². The van der Waals surface area contributed by atoms with Crippen LogP contribution in [0.4, 0.5) is 0 Å². The van der Waals surface area contributed by atoms with Gasteiger partial charge in [0.05, 0.1) is 0 Å². The van der Waals surface area contributed by atoms with Gasteiger partial charge in [0.1, 0.15) is 0 Å². The molecule has 0 aliphatic carbocycles. The van der Waals surface area contributed by atoms with Crippen molar-refractivity contribution < 1.29 is 0 Å². The summed E-state index contributed by atoms with van der Waals surface area (Å²) in [5.41, 5.74) is 2.74. The average Bonchev–Trinajstić information content (AvgIpc) is 2.33. The van der Waals surface area contributed by atoms with Gasteiger partial charge >= 0.3 is 0 Å². The molecule has 0 nitrogen and oxygen atoms in total. The summed E-state index contributed by atoms with van der Waals surface area (Å²) in [6.07, 6.45) is 8.55. The van der Waals surface area contributed by atoms with E-state index in [2.05, 4.69) is 58.9 Å². The molecule has 0 amide bonds. The van der Waals surface area contributed by atoms with E-state index in [9.17, 15) is 0 Å². The Bertz CT molecular complexity index is 265. The van der Waals surface area contributed by atoms with Gasteiger partial charge in [-0.3, -0.25) is 0 Å². The van der Waals surface area contributed by atoms with Gasteiger partial charge in [-0.1, -0.05) is 83.6 Å². The maximum Gasteiger partial charge on any atom is -0.0395 e. The topological polar surface area (TPSA) is 0 Å². The molecule has 1 aromatic rings. The van der Waals surface area contributed by atoms with Crippen molar-refractivity contribution >= 4 is 0 Å². The Morgan fingerprint density at radius 3 is 1.72 bits per heavy atom. The van der Waals surface area contributed by atoms with Gasteiger partial charge in [0, 0.05) is 0 Å². The Hall–Kier alpha value is -0.780. The fraction of sp³-hybridized carbons (Fsp3) is 0.667. The van der Waals surface area contributed by atoms with E-state index in [1.54, 1.807) is 0 Å². The van der Waals surface area contributed by atoms with Crippen molar-refractivity contribution in [2.75, 3.05) is 0 Å². The van der Waals surface area contributed by atoms with E-state index >= 15 is 0 Å². The zero-order valence-electron chi connectivity index (χ0n) is 13.1. The first-order valence-electron chi connectivity index (χ1n) is 7.60. The van der Waals surface area contributed by atoms with Gasteiger partial charge in [-0.15, -0.1) is 0 Å². The Kier molecular flexibility index (Phi) is 10.8. The standard InChI is InChI=1S/C10H22.C8H10/c1-4-5-6-7-8-9-10(2)3;1-7-5-3-4-6-8(7)2/h10H,4-9H2,1-3H3;3-6H,1-2H3.